The highest BCUT2D eigenvalue weighted by molar-refractivity contribution is 6.00. The molecule has 8 heteroatoms. The Morgan fingerprint density at radius 1 is 1.06 bits per heavy atom. The summed E-state index contributed by atoms with van der Waals surface area (Å²) < 4.78 is 15.8. The van der Waals surface area contributed by atoms with E-state index in [9.17, 15) is 5.11 Å². The monoisotopic (exact) mass is 416 g/mol. The first-order valence-corrected chi connectivity index (χ1v) is 10.4. The van der Waals surface area contributed by atoms with Crippen molar-refractivity contribution in [2.24, 2.45) is 0 Å². The van der Waals surface area contributed by atoms with E-state index in [1.54, 1.807) is 12.3 Å². The fraction of sp³-hybridized carbons (Fsp3) is 0.261. The van der Waals surface area contributed by atoms with Gasteiger partial charge in [-0.25, -0.2) is 9.37 Å². The highest BCUT2D eigenvalue weighted by Gasteiger charge is 2.34. The van der Waals surface area contributed by atoms with E-state index in [4.69, 9.17) is 5.73 Å². The maximum absolute atomic E-state index is 15.8. The average molecular weight is 416 g/mol. The van der Waals surface area contributed by atoms with Gasteiger partial charge in [-0.3, -0.25) is 4.98 Å². The van der Waals surface area contributed by atoms with Crippen LogP contribution in [-0.4, -0.2) is 45.2 Å². The van der Waals surface area contributed by atoms with Gasteiger partial charge in [0.2, 0.25) is 5.95 Å². The second kappa shape index (κ2) is 6.75. The summed E-state index contributed by atoms with van der Waals surface area (Å²) in [6.45, 7) is 1.59. The smallest absolute Gasteiger partial charge is 0.222 e. The van der Waals surface area contributed by atoms with Crippen molar-refractivity contribution >= 4 is 33.4 Å². The lowest BCUT2D eigenvalue weighted by molar-refractivity contribution is 0.464. The molecule has 0 spiro atoms. The Hall–Kier alpha value is -3.52. The molecule has 31 heavy (non-hydrogen) atoms. The standard InChI is InChI=1S/C23H21FN6O/c24-19-20(17-8-15(31)7-12-3-1-2-4-16(12)17)26-9-18-21(19)28-23(25)29-22(18)30-10-13-5-6-14(11-30)27-13/h1-4,7-9,13-14,27,31H,5-6,10-11H2,(H2,25,28,29). The van der Waals surface area contributed by atoms with Crippen LogP contribution in [-0.2, 0) is 0 Å². The number of anilines is 2. The van der Waals surface area contributed by atoms with E-state index in [0.717, 1.165) is 36.7 Å². The van der Waals surface area contributed by atoms with Crippen LogP contribution in [0.4, 0.5) is 16.2 Å². The lowest BCUT2D eigenvalue weighted by Crippen LogP contribution is -2.51. The number of hydrogen-bond acceptors (Lipinski definition) is 7. The normalized spacial score (nSPS) is 20.6. The molecule has 2 aromatic carbocycles. The van der Waals surface area contributed by atoms with Crippen molar-refractivity contribution < 1.29 is 9.50 Å². The third kappa shape index (κ3) is 2.94. The fourth-order valence-corrected chi connectivity index (χ4v) is 4.95. The zero-order chi connectivity index (χ0) is 21.1. The highest BCUT2D eigenvalue weighted by Crippen LogP contribution is 2.37. The molecule has 7 nitrogen and oxygen atoms in total. The number of nitrogens with two attached hydrogens (primary N) is 1. The molecule has 6 rings (SSSR count). The van der Waals surface area contributed by atoms with Crippen molar-refractivity contribution in [2.45, 2.75) is 24.9 Å². The van der Waals surface area contributed by atoms with Gasteiger partial charge in [0, 0.05) is 36.9 Å². The minimum atomic E-state index is -0.568. The topological polar surface area (TPSA) is 100 Å². The maximum Gasteiger partial charge on any atom is 0.222 e. The molecule has 2 atom stereocenters. The second-order valence-electron chi connectivity index (χ2n) is 8.35. The van der Waals surface area contributed by atoms with Crippen molar-refractivity contribution in [2.75, 3.05) is 23.7 Å². The van der Waals surface area contributed by atoms with E-state index in [1.807, 2.05) is 24.3 Å². The molecule has 4 N–H and O–H groups in total. The number of pyridine rings is 1. The number of aromatic nitrogens is 3. The molecule has 2 aromatic heterocycles. The lowest BCUT2D eigenvalue weighted by atomic mass is 10.00. The van der Waals surface area contributed by atoms with Crippen LogP contribution in [0.15, 0.2) is 42.6 Å². The van der Waals surface area contributed by atoms with Crippen LogP contribution in [0.25, 0.3) is 32.9 Å². The SMILES string of the molecule is Nc1nc(N2CC3CCC(C2)N3)c2cnc(-c3cc(O)cc4ccccc34)c(F)c2n1. The van der Waals surface area contributed by atoms with Gasteiger partial charge in [-0.05, 0) is 35.7 Å². The van der Waals surface area contributed by atoms with Gasteiger partial charge in [-0.2, -0.15) is 4.98 Å². The number of fused-ring (bicyclic) bond motifs is 4. The van der Waals surface area contributed by atoms with Crippen molar-refractivity contribution in [3.63, 3.8) is 0 Å². The first-order chi connectivity index (χ1) is 15.1. The fourth-order valence-electron chi connectivity index (χ4n) is 4.95. The largest absolute Gasteiger partial charge is 0.508 e. The molecular formula is C23H21FN6O. The van der Waals surface area contributed by atoms with Crippen LogP contribution >= 0.6 is 0 Å². The number of aromatic hydroxyl groups is 1. The zero-order valence-corrected chi connectivity index (χ0v) is 16.7. The van der Waals surface area contributed by atoms with Crippen molar-refractivity contribution in [1.82, 2.24) is 20.3 Å². The van der Waals surface area contributed by atoms with Gasteiger partial charge in [-0.1, -0.05) is 24.3 Å². The van der Waals surface area contributed by atoms with Gasteiger partial charge >= 0.3 is 0 Å². The summed E-state index contributed by atoms with van der Waals surface area (Å²) in [6.07, 6.45) is 3.87. The summed E-state index contributed by atoms with van der Waals surface area (Å²) in [5, 5.41) is 15.9. The molecule has 2 unspecified atom stereocenters. The molecule has 4 heterocycles. The minimum Gasteiger partial charge on any atom is -0.508 e. The van der Waals surface area contributed by atoms with Crippen LogP contribution in [0.5, 0.6) is 5.75 Å². The van der Waals surface area contributed by atoms with E-state index in [-0.39, 0.29) is 22.9 Å². The molecule has 4 aromatic rings. The molecule has 0 aliphatic carbocycles. The van der Waals surface area contributed by atoms with Gasteiger partial charge in [0.05, 0.1) is 5.39 Å². The third-order valence-corrected chi connectivity index (χ3v) is 6.30. The molecule has 2 saturated heterocycles. The Morgan fingerprint density at radius 2 is 1.84 bits per heavy atom. The van der Waals surface area contributed by atoms with Crippen LogP contribution in [0.3, 0.4) is 0 Å². The van der Waals surface area contributed by atoms with Crippen molar-refractivity contribution in [3.8, 4) is 17.0 Å². The van der Waals surface area contributed by atoms with Gasteiger partial charge in [-0.15, -0.1) is 0 Å². The number of hydrogen-bond donors (Lipinski definition) is 3. The number of halogens is 1. The second-order valence-corrected chi connectivity index (χ2v) is 8.35. The molecule has 2 aliphatic rings. The predicted octanol–water partition coefficient (Wildman–Crippen LogP) is 3.21. The van der Waals surface area contributed by atoms with Crippen molar-refractivity contribution in [1.29, 1.82) is 0 Å². The number of phenolic OH excluding ortho intramolecular Hbond substituents is 1. The molecule has 0 saturated carbocycles. The Labute approximate surface area is 177 Å². The average Bonchev–Trinajstić information content (AvgIpc) is 3.11. The quantitative estimate of drug-likeness (QED) is 0.461. The van der Waals surface area contributed by atoms with Crippen molar-refractivity contribution in [3.05, 3.63) is 48.4 Å². The predicted molar refractivity (Wildman–Crippen MR) is 118 cm³/mol. The third-order valence-electron chi connectivity index (χ3n) is 6.30. The lowest BCUT2D eigenvalue weighted by Gasteiger charge is -2.34. The Kier molecular flexibility index (Phi) is 3.97. The number of piperazine rings is 1. The summed E-state index contributed by atoms with van der Waals surface area (Å²) in [7, 11) is 0. The molecule has 0 amide bonds. The maximum atomic E-state index is 15.8. The Balaban J connectivity index is 1.54. The number of nitrogen functional groups attached to an aromatic ring is 1. The van der Waals surface area contributed by atoms with Crippen LogP contribution in [0.1, 0.15) is 12.8 Å². The summed E-state index contributed by atoms with van der Waals surface area (Å²) in [5.74, 6) is 0.140. The number of phenols is 1. The molecule has 2 bridgehead atoms. The highest BCUT2D eigenvalue weighted by atomic mass is 19.1. The zero-order valence-electron chi connectivity index (χ0n) is 16.7. The summed E-state index contributed by atoms with van der Waals surface area (Å²) in [4.78, 5) is 15.3. The van der Waals surface area contributed by atoms with Gasteiger partial charge in [0.25, 0.3) is 0 Å². The van der Waals surface area contributed by atoms with Crippen LogP contribution in [0.2, 0.25) is 0 Å². The van der Waals surface area contributed by atoms with Gasteiger partial charge in [0.15, 0.2) is 5.82 Å². The van der Waals surface area contributed by atoms with Crippen LogP contribution in [0, 0.1) is 5.82 Å². The van der Waals surface area contributed by atoms with E-state index in [1.165, 1.54) is 6.07 Å². The number of benzene rings is 2. The van der Waals surface area contributed by atoms with E-state index >= 15 is 4.39 Å². The molecule has 2 aliphatic heterocycles. The summed E-state index contributed by atoms with van der Waals surface area (Å²) in [6, 6.07) is 11.5. The first kappa shape index (κ1) is 18.3. The number of rotatable bonds is 2. The van der Waals surface area contributed by atoms with E-state index < -0.39 is 5.82 Å². The minimum absolute atomic E-state index is 0.0326. The van der Waals surface area contributed by atoms with Crippen LogP contribution < -0.4 is 16.0 Å². The molecule has 0 radical (unpaired) electrons. The van der Waals surface area contributed by atoms with E-state index in [0.29, 0.717) is 28.9 Å². The molecule has 156 valence electrons. The number of nitrogens with one attached hydrogen (secondary N) is 1. The van der Waals surface area contributed by atoms with E-state index in [2.05, 4.69) is 25.2 Å². The Bertz CT molecular complexity index is 1330. The molecular weight excluding hydrogens is 395 g/mol. The summed E-state index contributed by atoms with van der Waals surface area (Å²) >= 11 is 0. The van der Waals surface area contributed by atoms with Gasteiger partial charge < -0.3 is 21.1 Å². The first-order valence-electron chi connectivity index (χ1n) is 10.4. The molecule has 2 fully saturated rings. The summed E-state index contributed by atoms with van der Waals surface area (Å²) in [5.41, 5.74) is 6.78. The van der Waals surface area contributed by atoms with Gasteiger partial charge in [0.1, 0.15) is 22.8 Å². The Morgan fingerprint density at radius 3 is 2.65 bits per heavy atom. The number of nitrogens with zero attached hydrogens (tertiary/aromatic N) is 4.